The van der Waals surface area contributed by atoms with Gasteiger partial charge >= 0.3 is 5.69 Å². The molecule has 2 aromatic heterocycles. The second-order valence-corrected chi connectivity index (χ2v) is 6.65. The molecule has 0 fully saturated rings. The molecule has 142 valence electrons. The maximum atomic E-state index is 12.8. The molecule has 2 heterocycles. The van der Waals surface area contributed by atoms with Crippen LogP contribution in [0.15, 0.2) is 45.3 Å². The average molecular weight is 389 g/mol. The van der Waals surface area contributed by atoms with Gasteiger partial charge in [-0.2, -0.15) is 0 Å². The van der Waals surface area contributed by atoms with Gasteiger partial charge in [0.15, 0.2) is 0 Å². The quantitative estimate of drug-likeness (QED) is 0.662. The van der Waals surface area contributed by atoms with Gasteiger partial charge in [0, 0.05) is 12.8 Å². The number of nitrogens with one attached hydrogen (secondary N) is 1. The molecule has 0 unspecified atom stereocenters. The van der Waals surface area contributed by atoms with Crippen molar-refractivity contribution < 1.29 is 14.3 Å². The number of thiophene rings is 1. The zero-order valence-corrected chi connectivity index (χ0v) is 15.7. The molecule has 3 aromatic rings. The van der Waals surface area contributed by atoms with Crippen LogP contribution in [0.3, 0.4) is 0 Å². The normalized spacial score (nSPS) is 10.9. The molecule has 0 bridgehead atoms. The van der Waals surface area contributed by atoms with Gasteiger partial charge in [0.05, 0.1) is 25.8 Å². The van der Waals surface area contributed by atoms with E-state index in [1.54, 1.807) is 42.8 Å². The topological polar surface area (TPSA) is 91.6 Å². The number of hydrogen-bond donors (Lipinski definition) is 1. The highest BCUT2D eigenvalue weighted by molar-refractivity contribution is 7.17. The number of ether oxygens (including phenoxy) is 2. The third kappa shape index (κ3) is 3.93. The number of aromatic nitrogens is 2. The summed E-state index contributed by atoms with van der Waals surface area (Å²) in [6.07, 6.45) is 0. The van der Waals surface area contributed by atoms with Crippen LogP contribution in [0.2, 0.25) is 0 Å². The predicted molar refractivity (Wildman–Crippen MR) is 104 cm³/mol. The van der Waals surface area contributed by atoms with Crippen molar-refractivity contribution in [3.8, 4) is 5.75 Å². The summed E-state index contributed by atoms with van der Waals surface area (Å²) in [5, 5.41) is 4.47. The van der Waals surface area contributed by atoms with Crippen molar-refractivity contribution in [2.24, 2.45) is 0 Å². The Kier molecular flexibility index (Phi) is 5.72. The zero-order chi connectivity index (χ0) is 19.4. The number of amides is 1. The summed E-state index contributed by atoms with van der Waals surface area (Å²) >= 11 is 1.24. The predicted octanol–water partition coefficient (Wildman–Crippen LogP) is 1.52. The average Bonchev–Trinajstić information content (AvgIpc) is 3.16. The number of rotatable bonds is 7. The molecule has 1 N–H and O–H groups in total. The van der Waals surface area contributed by atoms with Crippen LogP contribution in [0.4, 0.5) is 5.69 Å². The van der Waals surface area contributed by atoms with E-state index in [1.807, 2.05) is 0 Å². The van der Waals surface area contributed by atoms with Crippen molar-refractivity contribution in [1.82, 2.24) is 9.13 Å². The third-order valence-electron chi connectivity index (χ3n) is 4.03. The first kappa shape index (κ1) is 18.9. The minimum Gasteiger partial charge on any atom is -0.497 e. The van der Waals surface area contributed by atoms with Crippen LogP contribution in [0, 0.1) is 0 Å². The van der Waals surface area contributed by atoms with Gasteiger partial charge in [-0.25, -0.2) is 4.79 Å². The van der Waals surface area contributed by atoms with Crippen LogP contribution in [-0.4, -0.2) is 35.9 Å². The maximum absolute atomic E-state index is 12.8. The van der Waals surface area contributed by atoms with Crippen molar-refractivity contribution >= 4 is 33.1 Å². The van der Waals surface area contributed by atoms with Gasteiger partial charge in [0.2, 0.25) is 5.91 Å². The Balaban J connectivity index is 1.91. The van der Waals surface area contributed by atoms with E-state index in [0.29, 0.717) is 21.7 Å². The summed E-state index contributed by atoms with van der Waals surface area (Å²) in [7, 11) is 3.06. The van der Waals surface area contributed by atoms with Crippen molar-refractivity contribution in [3.63, 3.8) is 0 Å². The minimum absolute atomic E-state index is 0.127. The fraction of sp³-hybridized carbons (Fsp3) is 0.278. The smallest absolute Gasteiger partial charge is 0.332 e. The molecule has 9 heteroatoms. The largest absolute Gasteiger partial charge is 0.497 e. The molecule has 0 spiro atoms. The molecule has 0 saturated heterocycles. The minimum atomic E-state index is -0.534. The van der Waals surface area contributed by atoms with E-state index in [2.05, 4.69) is 5.32 Å². The fourth-order valence-corrected chi connectivity index (χ4v) is 3.53. The highest BCUT2D eigenvalue weighted by Crippen LogP contribution is 2.17. The molecule has 1 aromatic carbocycles. The van der Waals surface area contributed by atoms with Crippen molar-refractivity contribution in [3.05, 3.63) is 56.5 Å². The molecule has 0 radical (unpaired) electrons. The Morgan fingerprint density at radius 3 is 2.52 bits per heavy atom. The molecule has 0 aliphatic rings. The number of benzene rings is 1. The highest BCUT2D eigenvalue weighted by Gasteiger charge is 2.16. The monoisotopic (exact) mass is 389 g/mol. The van der Waals surface area contributed by atoms with Crippen LogP contribution in [0.1, 0.15) is 0 Å². The van der Waals surface area contributed by atoms with Gasteiger partial charge in [0.25, 0.3) is 5.56 Å². The van der Waals surface area contributed by atoms with Crippen LogP contribution < -0.4 is 21.3 Å². The van der Waals surface area contributed by atoms with E-state index in [4.69, 9.17) is 9.47 Å². The van der Waals surface area contributed by atoms with E-state index < -0.39 is 5.69 Å². The lowest BCUT2D eigenvalue weighted by Crippen LogP contribution is -2.42. The van der Waals surface area contributed by atoms with Crippen LogP contribution in [0.25, 0.3) is 10.2 Å². The molecule has 0 aliphatic heterocycles. The van der Waals surface area contributed by atoms with Gasteiger partial charge < -0.3 is 14.8 Å². The molecule has 27 heavy (non-hydrogen) atoms. The van der Waals surface area contributed by atoms with E-state index in [1.165, 1.54) is 23.0 Å². The second kappa shape index (κ2) is 8.19. The molecule has 3 rings (SSSR count). The lowest BCUT2D eigenvalue weighted by molar-refractivity contribution is -0.116. The second-order valence-electron chi connectivity index (χ2n) is 5.73. The number of hydrogen-bond acceptors (Lipinski definition) is 6. The van der Waals surface area contributed by atoms with Gasteiger partial charge in [0.1, 0.15) is 17.0 Å². The van der Waals surface area contributed by atoms with E-state index in [9.17, 15) is 14.4 Å². The molecular formula is C18H19N3O5S. The van der Waals surface area contributed by atoms with E-state index >= 15 is 0 Å². The Hall–Kier alpha value is -2.91. The third-order valence-corrected chi connectivity index (χ3v) is 4.92. The summed E-state index contributed by atoms with van der Waals surface area (Å²) in [6, 6.07) is 8.54. The summed E-state index contributed by atoms with van der Waals surface area (Å²) in [5.41, 5.74) is 0.137. The number of anilines is 1. The fourth-order valence-electron chi connectivity index (χ4n) is 2.68. The first-order valence-electron chi connectivity index (χ1n) is 8.19. The Morgan fingerprint density at radius 2 is 1.85 bits per heavy atom. The Bertz CT molecular complexity index is 1070. The van der Waals surface area contributed by atoms with Crippen molar-refractivity contribution in [1.29, 1.82) is 0 Å². The van der Waals surface area contributed by atoms with Crippen LogP contribution in [0.5, 0.6) is 5.75 Å². The van der Waals surface area contributed by atoms with Crippen LogP contribution >= 0.6 is 11.3 Å². The van der Waals surface area contributed by atoms with Crippen molar-refractivity contribution in [2.75, 3.05) is 26.1 Å². The lowest BCUT2D eigenvalue weighted by Gasteiger charge is -2.12. The molecular weight excluding hydrogens is 370 g/mol. The van der Waals surface area contributed by atoms with E-state index in [-0.39, 0.29) is 31.2 Å². The number of fused-ring (bicyclic) bond motifs is 1. The number of carbonyl (C=O) groups is 1. The Morgan fingerprint density at radius 1 is 1.11 bits per heavy atom. The molecule has 8 nitrogen and oxygen atoms in total. The lowest BCUT2D eigenvalue weighted by atomic mass is 10.3. The molecule has 0 aliphatic carbocycles. The first-order valence-corrected chi connectivity index (χ1v) is 9.06. The number of methoxy groups -OCH3 is 2. The van der Waals surface area contributed by atoms with E-state index in [0.717, 1.165) is 4.57 Å². The molecule has 0 atom stereocenters. The number of carbonyl (C=O) groups excluding carboxylic acids is 1. The standard InChI is InChI=1S/C18H19N3O5S/c1-25-9-8-20-17(23)16-14(7-10-27-16)21(18(20)24)11-15(22)19-12-3-5-13(26-2)6-4-12/h3-7,10H,8-9,11H2,1-2H3,(H,19,22). The zero-order valence-electron chi connectivity index (χ0n) is 14.9. The SMILES string of the molecule is COCCn1c(=O)c2sccc2n(CC(=O)Nc2ccc(OC)cc2)c1=O. The summed E-state index contributed by atoms with van der Waals surface area (Å²) in [4.78, 5) is 37.7. The van der Waals surface area contributed by atoms with Crippen LogP contribution in [-0.2, 0) is 22.6 Å². The van der Waals surface area contributed by atoms with Gasteiger partial charge in [-0.05, 0) is 35.7 Å². The van der Waals surface area contributed by atoms with Gasteiger partial charge in [-0.1, -0.05) is 0 Å². The maximum Gasteiger partial charge on any atom is 0.332 e. The summed E-state index contributed by atoms with van der Waals surface area (Å²) < 4.78 is 12.9. The van der Waals surface area contributed by atoms with Crippen molar-refractivity contribution in [2.45, 2.75) is 13.1 Å². The Labute approximate surface area is 158 Å². The molecule has 1 amide bonds. The summed E-state index contributed by atoms with van der Waals surface area (Å²) in [6.45, 7) is 0.150. The summed E-state index contributed by atoms with van der Waals surface area (Å²) in [5.74, 6) is 0.307. The highest BCUT2D eigenvalue weighted by atomic mass is 32.1. The van der Waals surface area contributed by atoms with Gasteiger partial charge in [-0.15, -0.1) is 11.3 Å². The molecule has 0 saturated carbocycles. The number of nitrogens with zero attached hydrogens (tertiary/aromatic N) is 2. The van der Waals surface area contributed by atoms with Gasteiger partial charge in [-0.3, -0.25) is 18.7 Å². The first-order chi connectivity index (χ1) is 13.0.